The van der Waals surface area contributed by atoms with Gasteiger partial charge in [-0.05, 0) is 53.6 Å². The van der Waals surface area contributed by atoms with Gasteiger partial charge in [-0.1, -0.05) is 29.8 Å². The Labute approximate surface area is 201 Å². The van der Waals surface area contributed by atoms with Crippen LogP contribution in [0.5, 0.6) is 11.6 Å². The fraction of sp³-hybridized carbons (Fsp3) is 0.320. The van der Waals surface area contributed by atoms with Gasteiger partial charge in [0.1, 0.15) is 23.7 Å². The summed E-state index contributed by atoms with van der Waals surface area (Å²) in [5.74, 6) is 2.07. The molecule has 2 atom stereocenters. The third-order valence-electron chi connectivity index (χ3n) is 6.21. The van der Waals surface area contributed by atoms with Crippen molar-refractivity contribution in [2.75, 3.05) is 25.1 Å². The minimum Gasteiger partial charge on any atom is -0.495 e. The second-order valence-corrected chi connectivity index (χ2v) is 9.02. The third kappa shape index (κ3) is 4.92. The zero-order chi connectivity index (χ0) is 23.7. The number of carbonyl (C=O) groups is 1. The molecule has 0 spiro atoms. The highest BCUT2D eigenvalue weighted by Crippen LogP contribution is 2.45. The lowest BCUT2D eigenvalue weighted by molar-refractivity contribution is 0.0945. The van der Waals surface area contributed by atoms with Crippen molar-refractivity contribution in [3.63, 3.8) is 0 Å². The summed E-state index contributed by atoms with van der Waals surface area (Å²) in [6, 6.07) is 11.3. The van der Waals surface area contributed by atoms with Crippen LogP contribution >= 0.6 is 11.6 Å². The van der Waals surface area contributed by atoms with E-state index in [0.29, 0.717) is 28.6 Å². The van der Waals surface area contributed by atoms with Gasteiger partial charge >= 0.3 is 0 Å². The molecule has 1 aliphatic heterocycles. The number of methoxy groups -OCH3 is 1. The highest BCUT2D eigenvalue weighted by Gasteiger charge is 2.46. The second kappa shape index (κ2) is 9.46. The monoisotopic (exact) mass is 482 g/mol. The number of nitrogens with one attached hydrogen (secondary N) is 1. The van der Waals surface area contributed by atoms with Gasteiger partial charge in [-0.3, -0.25) is 4.79 Å². The van der Waals surface area contributed by atoms with E-state index in [9.17, 15) is 9.18 Å². The van der Waals surface area contributed by atoms with Crippen molar-refractivity contribution in [2.24, 2.45) is 11.8 Å². The normalized spacial score (nSPS) is 18.4. The summed E-state index contributed by atoms with van der Waals surface area (Å²) >= 11 is 6.23. The van der Waals surface area contributed by atoms with Crippen LogP contribution in [0.1, 0.15) is 27.9 Å². The largest absolute Gasteiger partial charge is 0.495 e. The first kappa shape index (κ1) is 22.4. The number of rotatable bonds is 8. The average Bonchev–Trinajstić information content (AvgIpc) is 3.46. The summed E-state index contributed by atoms with van der Waals surface area (Å²) in [4.78, 5) is 24.1. The number of ether oxygens (including phenoxy) is 2. The van der Waals surface area contributed by atoms with Gasteiger partial charge in [-0.2, -0.15) is 4.98 Å². The van der Waals surface area contributed by atoms with E-state index in [-0.39, 0.29) is 36.3 Å². The molecular weight excluding hydrogens is 459 g/mol. The summed E-state index contributed by atoms with van der Waals surface area (Å²) in [7, 11) is 1.55. The number of anilines is 1. The second-order valence-electron chi connectivity index (χ2n) is 8.62. The zero-order valence-corrected chi connectivity index (χ0v) is 19.4. The molecule has 1 amide bonds. The number of hydrogen-bond acceptors (Lipinski definition) is 6. The highest BCUT2D eigenvalue weighted by molar-refractivity contribution is 6.32. The van der Waals surface area contributed by atoms with Crippen LogP contribution in [0, 0.1) is 17.7 Å². The Morgan fingerprint density at radius 1 is 1.18 bits per heavy atom. The van der Waals surface area contributed by atoms with Crippen LogP contribution in [0.4, 0.5) is 10.3 Å². The zero-order valence-electron chi connectivity index (χ0n) is 18.6. The van der Waals surface area contributed by atoms with E-state index in [1.54, 1.807) is 31.4 Å². The quantitative estimate of drug-likeness (QED) is 0.517. The number of fused-ring (bicyclic) bond motifs is 1. The Morgan fingerprint density at radius 3 is 2.62 bits per heavy atom. The van der Waals surface area contributed by atoms with E-state index in [0.717, 1.165) is 24.2 Å². The van der Waals surface area contributed by atoms with Gasteiger partial charge in [-0.15, -0.1) is 0 Å². The summed E-state index contributed by atoms with van der Waals surface area (Å²) in [6.45, 7) is 2.26. The fourth-order valence-corrected chi connectivity index (χ4v) is 4.45. The Kier molecular flexibility index (Phi) is 6.24. The van der Waals surface area contributed by atoms with Crippen molar-refractivity contribution in [1.29, 1.82) is 0 Å². The number of hydrogen-bond donors (Lipinski definition) is 1. The van der Waals surface area contributed by atoms with E-state index >= 15 is 0 Å². The molecule has 1 aromatic heterocycles. The Morgan fingerprint density at radius 2 is 1.91 bits per heavy atom. The number of nitrogens with zero attached hydrogens (tertiary/aromatic N) is 3. The van der Waals surface area contributed by atoms with Crippen LogP contribution in [0.15, 0.2) is 48.7 Å². The number of aromatic nitrogens is 2. The van der Waals surface area contributed by atoms with Gasteiger partial charge in [0.2, 0.25) is 11.8 Å². The average molecular weight is 483 g/mol. The van der Waals surface area contributed by atoms with Crippen LogP contribution in [0.25, 0.3) is 0 Å². The van der Waals surface area contributed by atoms with E-state index in [2.05, 4.69) is 20.2 Å². The predicted molar refractivity (Wildman–Crippen MR) is 126 cm³/mol. The maximum Gasteiger partial charge on any atom is 0.258 e. The number of carbonyl (C=O) groups excluding carboxylic acids is 1. The first-order valence-corrected chi connectivity index (χ1v) is 11.5. The van der Waals surface area contributed by atoms with Crippen LogP contribution in [-0.4, -0.2) is 36.1 Å². The molecule has 0 radical (unpaired) electrons. The summed E-state index contributed by atoms with van der Waals surface area (Å²) < 4.78 is 24.3. The predicted octanol–water partition coefficient (Wildman–Crippen LogP) is 4.24. The van der Waals surface area contributed by atoms with Gasteiger partial charge in [-0.25, -0.2) is 9.37 Å². The minimum atomic E-state index is -0.372. The molecule has 34 heavy (non-hydrogen) atoms. The molecule has 5 rings (SSSR count). The highest BCUT2D eigenvalue weighted by atomic mass is 35.5. The molecule has 0 bridgehead atoms. The first-order chi connectivity index (χ1) is 16.5. The molecule has 1 saturated carbocycles. The van der Waals surface area contributed by atoms with Gasteiger partial charge in [0.15, 0.2) is 0 Å². The summed E-state index contributed by atoms with van der Waals surface area (Å²) in [6.07, 6.45) is 2.77. The van der Waals surface area contributed by atoms with E-state index in [1.807, 2.05) is 6.07 Å². The van der Waals surface area contributed by atoms with Crippen LogP contribution in [0.3, 0.4) is 0 Å². The molecule has 9 heteroatoms. The molecule has 1 N–H and O–H groups in total. The Hall–Kier alpha value is -3.39. The van der Waals surface area contributed by atoms with Gasteiger partial charge in [0, 0.05) is 25.8 Å². The molecule has 3 aromatic rings. The minimum absolute atomic E-state index is 0.170. The topological polar surface area (TPSA) is 76.6 Å². The van der Waals surface area contributed by atoms with E-state index < -0.39 is 0 Å². The number of amides is 1. The van der Waals surface area contributed by atoms with Crippen LogP contribution in [-0.2, 0) is 13.2 Å². The molecule has 2 aliphatic rings. The SMILES string of the molecule is COc1ccc(COc2nc(N3CC4C[C@@H]4C3)ncc2C(=O)NCc2ccc(F)cc2)cc1Cl. The van der Waals surface area contributed by atoms with Crippen molar-refractivity contribution in [2.45, 2.75) is 19.6 Å². The molecule has 7 nitrogen and oxygen atoms in total. The number of benzene rings is 2. The molecule has 2 aromatic carbocycles. The van der Waals surface area contributed by atoms with Crippen molar-refractivity contribution < 1.29 is 18.7 Å². The van der Waals surface area contributed by atoms with Crippen molar-refractivity contribution in [3.8, 4) is 11.6 Å². The van der Waals surface area contributed by atoms with Gasteiger partial charge in [0.05, 0.1) is 12.1 Å². The molecule has 2 heterocycles. The molecule has 1 unspecified atom stereocenters. The molecule has 1 saturated heterocycles. The van der Waals surface area contributed by atoms with E-state index in [4.69, 9.17) is 21.1 Å². The molecule has 2 fully saturated rings. The maximum atomic E-state index is 13.1. The Bertz CT molecular complexity index is 1200. The lowest BCUT2D eigenvalue weighted by Crippen LogP contribution is -2.27. The maximum absolute atomic E-state index is 13.1. The lowest BCUT2D eigenvalue weighted by atomic mass is 10.2. The lowest BCUT2D eigenvalue weighted by Gasteiger charge is -2.19. The summed E-state index contributed by atoms with van der Waals surface area (Å²) in [5.41, 5.74) is 1.82. The Balaban J connectivity index is 1.34. The number of piperidine rings is 1. The smallest absolute Gasteiger partial charge is 0.258 e. The summed E-state index contributed by atoms with van der Waals surface area (Å²) in [5, 5.41) is 3.30. The molecule has 1 aliphatic carbocycles. The van der Waals surface area contributed by atoms with E-state index in [1.165, 1.54) is 24.8 Å². The van der Waals surface area contributed by atoms with Crippen molar-refractivity contribution >= 4 is 23.5 Å². The third-order valence-corrected chi connectivity index (χ3v) is 6.50. The fourth-order valence-electron chi connectivity index (χ4n) is 4.17. The van der Waals surface area contributed by atoms with Crippen molar-refractivity contribution in [3.05, 3.63) is 76.2 Å². The van der Waals surface area contributed by atoms with Crippen molar-refractivity contribution in [1.82, 2.24) is 15.3 Å². The van der Waals surface area contributed by atoms with Gasteiger partial charge < -0.3 is 19.7 Å². The molecule has 176 valence electrons. The number of halogens is 2. The van der Waals surface area contributed by atoms with Crippen LogP contribution in [0.2, 0.25) is 5.02 Å². The van der Waals surface area contributed by atoms with Crippen LogP contribution < -0.4 is 19.7 Å². The standard InChI is InChI=1S/C25H24ClFN4O3/c1-33-22-7-4-16(8-21(22)26)14-34-24-20(23(32)28-10-15-2-5-19(27)6-3-15)11-29-25(30-24)31-12-17-9-18(17)13-31/h2-8,11,17-18H,9-10,12-14H2,1H3,(H,28,32)/t17-,18?/m1/s1. The van der Waals surface area contributed by atoms with Gasteiger partial charge in [0.25, 0.3) is 5.91 Å². The molecular formula is C25H24ClFN4O3. The first-order valence-electron chi connectivity index (χ1n) is 11.1.